The van der Waals surface area contributed by atoms with E-state index in [0.717, 1.165) is 31.2 Å². The second kappa shape index (κ2) is 6.48. The smallest absolute Gasteiger partial charge is 0.210 e. The summed E-state index contributed by atoms with van der Waals surface area (Å²) in [6, 6.07) is 5.99. The predicted molar refractivity (Wildman–Crippen MR) is 85.0 cm³/mol. The van der Waals surface area contributed by atoms with E-state index in [9.17, 15) is 17.2 Å². The zero-order valence-electron chi connectivity index (χ0n) is 13.3. The summed E-state index contributed by atoms with van der Waals surface area (Å²) in [7, 11) is -3.72. The van der Waals surface area contributed by atoms with Gasteiger partial charge in [-0.1, -0.05) is 30.5 Å². The van der Waals surface area contributed by atoms with E-state index < -0.39 is 22.5 Å². The van der Waals surface area contributed by atoms with Crippen LogP contribution in [0.4, 0.5) is 8.78 Å². The van der Waals surface area contributed by atoms with E-state index in [4.69, 9.17) is 0 Å². The lowest BCUT2D eigenvalue weighted by Crippen LogP contribution is -2.43. The van der Waals surface area contributed by atoms with Gasteiger partial charge in [-0.25, -0.2) is 17.2 Å². The lowest BCUT2D eigenvalue weighted by atomic mass is 9.85. The lowest BCUT2D eigenvalue weighted by Gasteiger charge is -2.33. The van der Waals surface area contributed by atoms with E-state index in [1.807, 2.05) is 6.92 Å². The van der Waals surface area contributed by atoms with Crippen molar-refractivity contribution in [3.05, 3.63) is 29.8 Å². The maximum absolute atomic E-state index is 13.1. The molecule has 0 bridgehead atoms. The molecule has 0 N–H and O–H groups in total. The van der Waals surface area contributed by atoms with E-state index in [1.165, 1.54) is 4.31 Å². The van der Waals surface area contributed by atoms with Crippen LogP contribution in [0, 0.1) is 12.8 Å². The van der Waals surface area contributed by atoms with Gasteiger partial charge >= 0.3 is 0 Å². The SMILES string of the molecule is Cc1ccc(S(=O)(=O)N2C(CC(F)F)C[C@@H]3CCCC[C@H]32)cc1. The number of nitrogens with zero attached hydrogens (tertiary/aromatic N) is 1. The molecule has 1 unspecified atom stereocenters. The molecule has 6 heteroatoms. The zero-order valence-corrected chi connectivity index (χ0v) is 14.1. The van der Waals surface area contributed by atoms with Gasteiger partial charge in [-0.2, -0.15) is 4.31 Å². The van der Waals surface area contributed by atoms with Crippen molar-refractivity contribution in [3.63, 3.8) is 0 Å². The average molecular weight is 343 g/mol. The molecule has 1 heterocycles. The van der Waals surface area contributed by atoms with Gasteiger partial charge in [0.1, 0.15) is 0 Å². The average Bonchev–Trinajstić information content (AvgIpc) is 2.85. The molecule has 3 nitrogen and oxygen atoms in total. The van der Waals surface area contributed by atoms with Crippen LogP contribution in [-0.2, 0) is 10.0 Å². The topological polar surface area (TPSA) is 37.4 Å². The standard InChI is InChI=1S/C17H23F2NO2S/c1-12-6-8-15(9-7-12)23(21,22)20-14(11-17(18)19)10-13-4-2-3-5-16(13)20/h6-9,13-14,16-17H,2-5,10-11H2,1H3/t13-,14?,16+/m0/s1. The lowest BCUT2D eigenvalue weighted by molar-refractivity contribution is 0.109. The van der Waals surface area contributed by atoms with Crippen LogP contribution in [0.1, 0.15) is 44.1 Å². The normalized spacial score (nSPS) is 29.0. The third-order valence-corrected chi connectivity index (χ3v) is 7.17. The Labute approximate surface area is 136 Å². The molecule has 3 rings (SSSR count). The van der Waals surface area contributed by atoms with Crippen LogP contribution >= 0.6 is 0 Å². The highest BCUT2D eigenvalue weighted by atomic mass is 32.2. The van der Waals surface area contributed by atoms with Crippen molar-refractivity contribution in [2.45, 2.75) is 68.9 Å². The molecule has 1 saturated carbocycles. The Morgan fingerprint density at radius 3 is 2.48 bits per heavy atom. The van der Waals surface area contributed by atoms with Crippen LogP contribution in [0.15, 0.2) is 29.2 Å². The zero-order chi connectivity index (χ0) is 16.6. The Morgan fingerprint density at radius 2 is 1.83 bits per heavy atom. The van der Waals surface area contributed by atoms with Gasteiger partial charge in [0.05, 0.1) is 4.90 Å². The van der Waals surface area contributed by atoms with Crippen molar-refractivity contribution in [3.8, 4) is 0 Å². The number of hydrogen-bond acceptors (Lipinski definition) is 2. The largest absolute Gasteiger partial charge is 0.243 e. The minimum Gasteiger partial charge on any atom is -0.210 e. The quantitative estimate of drug-likeness (QED) is 0.829. The van der Waals surface area contributed by atoms with E-state index in [2.05, 4.69) is 0 Å². The summed E-state index contributed by atoms with van der Waals surface area (Å²) in [6.07, 6.45) is 1.51. The maximum Gasteiger partial charge on any atom is 0.243 e. The molecule has 0 aromatic heterocycles. The predicted octanol–water partition coefficient (Wildman–Crippen LogP) is 3.97. The minimum absolute atomic E-state index is 0.112. The molecule has 1 aliphatic heterocycles. The molecule has 0 spiro atoms. The first-order valence-corrected chi connectivity index (χ1v) is 9.72. The van der Waals surface area contributed by atoms with Gasteiger partial charge in [-0.15, -0.1) is 0 Å². The van der Waals surface area contributed by atoms with E-state index in [-0.39, 0.29) is 23.3 Å². The van der Waals surface area contributed by atoms with Crippen LogP contribution in [-0.4, -0.2) is 31.2 Å². The second-order valence-corrected chi connectivity index (χ2v) is 8.62. The van der Waals surface area contributed by atoms with Crippen LogP contribution in [0.3, 0.4) is 0 Å². The number of halogens is 2. The number of fused-ring (bicyclic) bond motifs is 1. The van der Waals surface area contributed by atoms with E-state index in [0.29, 0.717) is 6.42 Å². The number of hydrogen-bond donors (Lipinski definition) is 0. The van der Waals surface area contributed by atoms with Crippen LogP contribution in [0.5, 0.6) is 0 Å². The van der Waals surface area contributed by atoms with Crippen molar-refractivity contribution in [1.29, 1.82) is 0 Å². The highest BCUT2D eigenvalue weighted by Gasteiger charge is 2.48. The summed E-state index contributed by atoms with van der Waals surface area (Å²) < 4.78 is 53.5. The molecular formula is C17H23F2NO2S. The number of rotatable bonds is 4. The van der Waals surface area contributed by atoms with Gasteiger partial charge < -0.3 is 0 Å². The monoisotopic (exact) mass is 343 g/mol. The van der Waals surface area contributed by atoms with Gasteiger partial charge in [-0.3, -0.25) is 0 Å². The molecule has 1 aromatic carbocycles. The fourth-order valence-corrected chi connectivity index (χ4v) is 6.06. The third kappa shape index (κ3) is 3.29. The Hall–Kier alpha value is -1.01. The summed E-state index contributed by atoms with van der Waals surface area (Å²) in [5.74, 6) is 0.229. The molecule has 1 saturated heterocycles. The highest BCUT2D eigenvalue weighted by Crippen LogP contribution is 2.44. The molecule has 128 valence electrons. The first kappa shape index (κ1) is 16.8. The third-order valence-electron chi connectivity index (χ3n) is 5.18. The number of benzene rings is 1. The number of aryl methyl sites for hydroxylation is 1. The molecule has 2 fully saturated rings. The minimum atomic E-state index is -3.72. The molecule has 2 aliphatic rings. The highest BCUT2D eigenvalue weighted by molar-refractivity contribution is 7.89. The molecule has 1 aliphatic carbocycles. The van der Waals surface area contributed by atoms with Gasteiger partial charge in [0.2, 0.25) is 16.4 Å². The Balaban J connectivity index is 1.96. The molecular weight excluding hydrogens is 320 g/mol. The van der Waals surface area contributed by atoms with Crippen molar-refractivity contribution in [2.75, 3.05) is 0 Å². The van der Waals surface area contributed by atoms with Crippen molar-refractivity contribution in [1.82, 2.24) is 4.31 Å². The number of alkyl halides is 2. The van der Waals surface area contributed by atoms with Gasteiger partial charge in [0.15, 0.2) is 0 Å². The van der Waals surface area contributed by atoms with Gasteiger partial charge in [0, 0.05) is 18.5 Å². The van der Waals surface area contributed by atoms with Crippen molar-refractivity contribution >= 4 is 10.0 Å². The molecule has 1 aromatic rings. The second-order valence-electron chi connectivity index (χ2n) is 6.78. The molecule has 0 amide bonds. The molecule has 3 atom stereocenters. The van der Waals surface area contributed by atoms with Gasteiger partial charge in [0.25, 0.3) is 0 Å². The fraction of sp³-hybridized carbons (Fsp3) is 0.647. The van der Waals surface area contributed by atoms with Crippen molar-refractivity contribution in [2.24, 2.45) is 5.92 Å². The summed E-state index contributed by atoms with van der Waals surface area (Å²) >= 11 is 0. The van der Waals surface area contributed by atoms with E-state index >= 15 is 0 Å². The summed E-state index contributed by atoms with van der Waals surface area (Å²) in [6.45, 7) is 1.89. The maximum atomic E-state index is 13.1. The Kier molecular flexibility index (Phi) is 4.74. The first-order chi connectivity index (χ1) is 10.9. The van der Waals surface area contributed by atoms with Crippen LogP contribution in [0.25, 0.3) is 0 Å². The van der Waals surface area contributed by atoms with E-state index in [1.54, 1.807) is 24.3 Å². The van der Waals surface area contributed by atoms with Crippen LogP contribution in [0.2, 0.25) is 0 Å². The Bertz CT molecular complexity index is 645. The first-order valence-electron chi connectivity index (χ1n) is 8.28. The molecule has 23 heavy (non-hydrogen) atoms. The van der Waals surface area contributed by atoms with Crippen LogP contribution < -0.4 is 0 Å². The fourth-order valence-electron chi connectivity index (χ4n) is 4.13. The van der Waals surface area contributed by atoms with Gasteiger partial charge in [-0.05, 0) is 44.2 Å². The van der Waals surface area contributed by atoms with Crippen molar-refractivity contribution < 1.29 is 17.2 Å². The number of sulfonamides is 1. The molecule has 0 radical (unpaired) electrons. The summed E-state index contributed by atoms with van der Waals surface area (Å²) in [5.41, 5.74) is 0.977. The Morgan fingerprint density at radius 1 is 1.17 bits per heavy atom. The summed E-state index contributed by atoms with van der Waals surface area (Å²) in [5, 5.41) is 0. The summed E-state index contributed by atoms with van der Waals surface area (Å²) in [4.78, 5) is 0.216.